The normalized spacial score (nSPS) is 14.9. The molecule has 16 heavy (non-hydrogen) atoms. The van der Waals surface area contributed by atoms with Crippen LogP contribution in [0.4, 0.5) is 0 Å². The first-order valence-corrected chi connectivity index (χ1v) is 9.10. The van der Waals surface area contributed by atoms with E-state index in [4.69, 9.17) is 10.2 Å². The highest BCUT2D eigenvalue weighted by Gasteiger charge is 2.36. The molecule has 0 aliphatic carbocycles. The van der Waals surface area contributed by atoms with E-state index < -0.39 is 8.32 Å². The molecule has 0 amide bonds. The van der Waals surface area contributed by atoms with Gasteiger partial charge in [0.15, 0.2) is 8.32 Å². The summed E-state index contributed by atoms with van der Waals surface area (Å²) in [5.74, 6) is 0. The van der Waals surface area contributed by atoms with Gasteiger partial charge in [0, 0.05) is 12.6 Å². The first kappa shape index (κ1) is 15.9. The molecule has 0 aromatic rings. The Hall–Kier alpha value is -0.123. The predicted molar refractivity (Wildman–Crippen MR) is 75.2 cm³/mol. The molecule has 0 unspecified atom stereocenters. The van der Waals surface area contributed by atoms with Crippen LogP contribution in [0.25, 0.3) is 0 Å². The van der Waals surface area contributed by atoms with E-state index in [0.717, 1.165) is 25.0 Å². The summed E-state index contributed by atoms with van der Waals surface area (Å²) >= 11 is 0. The van der Waals surface area contributed by atoms with E-state index in [1.165, 1.54) is 0 Å². The fraction of sp³-hybridized carbons (Fsp3) is 0.846. The Kier molecular flexibility index (Phi) is 5.94. The van der Waals surface area contributed by atoms with Crippen LogP contribution < -0.4 is 5.73 Å². The van der Waals surface area contributed by atoms with E-state index in [1.54, 1.807) is 0 Å². The van der Waals surface area contributed by atoms with Crippen LogP contribution in [0.5, 0.6) is 0 Å². The summed E-state index contributed by atoms with van der Waals surface area (Å²) < 4.78 is 6.08. The van der Waals surface area contributed by atoms with Crippen LogP contribution in [-0.4, -0.2) is 21.0 Å². The second-order valence-electron chi connectivity index (χ2n) is 6.03. The average Bonchev–Trinajstić information content (AvgIpc) is 2.14. The monoisotopic (exact) mass is 243 g/mol. The SMILES string of the molecule is C=C(CCO[Si](C)(C)C(C)(C)C)[C@H](N)CC. The molecule has 0 aromatic heterocycles. The molecule has 96 valence electrons. The van der Waals surface area contributed by atoms with E-state index in [-0.39, 0.29) is 11.1 Å². The van der Waals surface area contributed by atoms with Crippen LogP contribution >= 0.6 is 0 Å². The Morgan fingerprint density at radius 3 is 2.25 bits per heavy atom. The Labute approximate surface area is 102 Å². The summed E-state index contributed by atoms with van der Waals surface area (Å²) in [6.07, 6.45) is 1.85. The molecule has 0 spiro atoms. The number of nitrogens with two attached hydrogens (primary N) is 1. The summed E-state index contributed by atoms with van der Waals surface area (Å²) in [6, 6.07) is 0.128. The standard InChI is InChI=1S/C13H29NOSi/c1-8-12(14)11(2)9-10-15-16(6,7)13(3,4)5/h12H,2,8-10,14H2,1,3-7H3/t12-/m1/s1. The fourth-order valence-corrected chi connectivity index (χ4v) is 2.17. The van der Waals surface area contributed by atoms with Gasteiger partial charge in [0.05, 0.1) is 0 Å². The molecule has 3 heteroatoms. The summed E-state index contributed by atoms with van der Waals surface area (Å²) in [5.41, 5.74) is 7.02. The lowest BCUT2D eigenvalue weighted by molar-refractivity contribution is 0.289. The smallest absolute Gasteiger partial charge is 0.191 e. The minimum absolute atomic E-state index is 0.128. The zero-order chi connectivity index (χ0) is 13.0. The zero-order valence-corrected chi connectivity index (χ0v) is 12.9. The Morgan fingerprint density at radius 2 is 1.88 bits per heavy atom. The molecule has 0 fully saturated rings. The lowest BCUT2D eigenvalue weighted by Crippen LogP contribution is -2.41. The number of hydrogen-bond donors (Lipinski definition) is 1. The zero-order valence-electron chi connectivity index (χ0n) is 11.9. The van der Waals surface area contributed by atoms with Gasteiger partial charge in [0.2, 0.25) is 0 Å². The molecule has 0 aliphatic heterocycles. The Balaban J connectivity index is 4.04. The second-order valence-corrected chi connectivity index (χ2v) is 10.8. The van der Waals surface area contributed by atoms with E-state index in [0.29, 0.717) is 0 Å². The molecule has 0 aliphatic rings. The largest absolute Gasteiger partial charge is 0.417 e. The van der Waals surface area contributed by atoms with Crippen molar-refractivity contribution in [1.29, 1.82) is 0 Å². The van der Waals surface area contributed by atoms with Gasteiger partial charge >= 0.3 is 0 Å². The molecule has 0 heterocycles. The third kappa shape index (κ3) is 4.81. The molecule has 2 nitrogen and oxygen atoms in total. The molecular formula is C13H29NOSi. The van der Waals surface area contributed by atoms with Crippen molar-refractivity contribution in [3.05, 3.63) is 12.2 Å². The van der Waals surface area contributed by atoms with Crippen molar-refractivity contribution in [2.75, 3.05) is 6.61 Å². The van der Waals surface area contributed by atoms with Gasteiger partial charge in [-0.25, -0.2) is 0 Å². The Bertz CT molecular complexity index is 231. The molecule has 1 atom stereocenters. The third-order valence-corrected chi connectivity index (χ3v) is 8.19. The lowest BCUT2D eigenvalue weighted by Gasteiger charge is -2.36. The second kappa shape index (κ2) is 5.99. The first-order valence-electron chi connectivity index (χ1n) is 6.19. The molecule has 0 saturated heterocycles. The summed E-state index contributed by atoms with van der Waals surface area (Å²) in [7, 11) is -1.60. The van der Waals surface area contributed by atoms with Gasteiger partial charge in [-0.3, -0.25) is 0 Å². The van der Waals surface area contributed by atoms with Gasteiger partial charge in [-0.1, -0.05) is 39.8 Å². The van der Waals surface area contributed by atoms with Crippen LogP contribution in [0.2, 0.25) is 18.1 Å². The number of hydrogen-bond acceptors (Lipinski definition) is 2. The van der Waals surface area contributed by atoms with Gasteiger partial charge in [-0.2, -0.15) is 0 Å². The van der Waals surface area contributed by atoms with E-state index in [1.807, 2.05) is 0 Å². The summed E-state index contributed by atoms with van der Waals surface area (Å²) in [4.78, 5) is 0. The van der Waals surface area contributed by atoms with Crippen molar-refractivity contribution in [3.63, 3.8) is 0 Å². The average molecular weight is 243 g/mol. The van der Waals surface area contributed by atoms with Crippen molar-refractivity contribution in [1.82, 2.24) is 0 Å². The molecular weight excluding hydrogens is 214 g/mol. The quantitative estimate of drug-likeness (QED) is 0.570. The highest BCUT2D eigenvalue weighted by molar-refractivity contribution is 6.74. The maximum Gasteiger partial charge on any atom is 0.191 e. The van der Waals surface area contributed by atoms with Crippen LogP contribution in [0.15, 0.2) is 12.2 Å². The minimum Gasteiger partial charge on any atom is -0.417 e. The Morgan fingerprint density at radius 1 is 1.38 bits per heavy atom. The molecule has 0 saturated carbocycles. The molecule has 0 bridgehead atoms. The molecule has 2 N–H and O–H groups in total. The van der Waals surface area contributed by atoms with Gasteiger partial charge in [-0.05, 0) is 31.0 Å². The van der Waals surface area contributed by atoms with Crippen molar-refractivity contribution in [2.45, 2.75) is 64.7 Å². The summed E-state index contributed by atoms with van der Waals surface area (Å²) in [6.45, 7) is 18.2. The van der Waals surface area contributed by atoms with Crippen molar-refractivity contribution in [3.8, 4) is 0 Å². The predicted octanol–water partition coefficient (Wildman–Crippen LogP) is 3.69. The molecule has 0 aromatic carbocycles. The molecule has 0 rings (SSSR count). The lowest BCUT2D eigenvalue weighted by atomic mass is 10.1. The fourth-order valence-electron chi connectivity index (χ4n) is 1.13. The minimum atomic E-state index is -1.60. The van der Waals surface area contributed by atoms with Gasteiger partial charge in [0.25, 0.3) is 0 Å². The highest BCUT2D eigenvalue weighted by Crippen LogP contribution is 2.36. The maximum absolute atomic E-state index is 6.08. The van der Waals surface area contributed by atoms with E-state index >= 15 is 0 Å². The van der Waals surface area contributed by atoms with Gasteiger partial charge in [0.1, 0.15) is 0 Å². The summed E-state index contributed by atoms with van der Waals surface area (Å²) in [5, 5.41) is 0.279. The van der Waals surface area contributed by atoms with Crippen molar-refractivity contribution >= 4 is 8.32 Å². The van der Waals surface area contributed by atoms with Crippen LogP contribution in [0.1, 0.15) is 40.5 Å². The third-order valence-electron chi connectivity index (χ3n) is 3.66. The van der Waals surface area contributed by atoms with Crippen molar-refractivity contribution in [2.24, 2.45) is 5.73 Å². The van der Waals surface area contributed by atoms with Crippen LogP contribution in [0.3, 0.4) is 0 Å². The first-order chi connectivity index (χ1) is 7.12. The molecule has 0 radical (unpaired) electrons. The highest BCUT2D eigenvalue weighted by atomic mass is 28.4. The van der Waals surface area contributed by atoms with Crippen molar-refractivity contribution < 1.29 is 4.43 Å². The van der Waals surface area contributed by atoms with Crippen LogP contribution in [0, 0.1) is 0 Å². The van der Waals surface area contributed by atoms with Gasteiger partial charge < -0.3 is 10.2 Å². The van der Waals surface area contributed by atoms with E-state index in [2.05, 4.69) is 47.4 Å². The maximum atomic E-state index is 6.08. The topological polar surface area (TPSA) is 35.2 Å². The van der Waals surface area contributed by atoms with E-state index in [9.17, 15) is 0 Å². The number of rotatable bonds is 6. The van der Waals surface area contributed by atoms with Crippen LogP contribution in [-0.2, 0) is 4.43 Å². The van der Waals surface area contributed by atoms with Gasteiger partial charge in [-0.15, -0.1) is 0 Å².